The summed E-state index contributed by atoms with van der Waals surface area (Å²) in [5.41, 5.74) is 5.12. The van der Waals surface area contributed by atoms with Crippen molar-refractivity contribution in [3.05, 3.63) is 0 Å². The summed E-state index contributed by atoms with van der Waals surface area (Å²) in [5.74, 6) is 1.99. The lowest BCUT2D eigenvalue weighted by Crippen LogP contribution is -2.56. The van der Waals surface area contributed by atoms with E-state index in [1.54, 1.807) is 0 Å². The first-order valence-electron chi connectivity index (χ1n) is 12.0. The average molecular weight is 421 g/mol. The van der Waals surface area contributed by atoms with E-state index >= 15 is 0 Å². The number of nitrogens with two attached hydrogens (primary N) is 1. The summed E-state index contributed by atoms with van der Waals surface area (Å²) >= 11 is 0. The van der Waals surface area contributed by atoms with Gasteiger partial charge in [0, 0.05) is 0 Å². The van der Waals surface area contributed by atoms with Crippen LogP contribution in [0.5, 0.6) is 0 Å². The van der Waals surface area contributed by atoms with E-state index in [1.807, 2.05) is 0 Å². The summed E-state index contributed by atoms with van der Waals surface area (Å²) in [4.78, 5) is 23.4. The minimum atomic E-state index is -0.522. The molecule has 0 aromatic rings. The van der Waals surface area contributed by atoms with Gasteiger partial charge in [0.2, 0.25) is 5.91 Å². The summed E-state index contributed by atoms with van der Waals surface area (Å²) in [6.07, 6.45) is 9.82. The molecule has 0 bridgehead atoms. The van der Waals surface area contributed by atoms with Gasteiger partial charge >= 0.3 is 5.97 Å². The minimum absolute atomic E-state index is 0.0389. The molecule has 0 unspecified atom stereocenters. The van der Waals surface area contributed by atoms with Gasteiger partial charge < -0.3 is 20.9 Å². The third-order valence-corrected chi connectivity index (χ3v) is 10.1. The van der Waals surface area contributed by atoms with Gasteiger partial charge in [-0.3, -0.25) is 9.59 Å². The van der Waals surface area contributed by atoms with Crippen molar-refractivity contribution in [2.75, 3.05) is 13.1 Å². The number of rotatable bonds is 4. The summed E-state index contributed by atoms with van der Waals surface area (Å²) < 4.78 is 5.70. The second-order valence-electron chi connectivity index (χ2n) is 11.3. The molecular formula is C24H40N2O4. The van der Waals surface area contributed by atoms with Crippen LogP contribution in [0.15, 0.2) is 0 Å². The molecule has 0 aliphatic heterocycles. The maximum atomic E-state index is 12.1. The fraction of sp³-hybridized carbons (Fsp3) is 0.917. The highest BCUT2D eigenvalue weighted by molar-refractivity contribution is 5.83. The normalized spacial score (nSPS) is 47.6. The Labute approximate surface area is 180 Å². The van der Waals surface area contributed by atoms with Crippen LogP contribution in [0.3, 0.4) is 0 Å². The molecule has 0 heterocycles. The lowest BCUT2D eigenvalue weighted by Gasteiger charge is -2.61. The Morgan fingerprint density at radius 2 is 1.77 bits per heavy atom. The second kappa shape index (κ2) is 7.77. The van der Waals surface area contributed by atoms with E-state index < -0.39 is 5.60 Å². The second-order valence-corrected chi connectivity index (χ2v) is 11.3. The number of ether oxygens (including phenoxy) is 1. The van der Waals surface area contributed by atoms with E-state index in [-0.39, 0.29) is 36.5 Å². The van der Waals surface area contributed by atoms with Gasteiger partial charge in [0.05, 0.1) is 12.1 Å². The molecule has 1 amide bonds. The predicted molar refractivity (Wildman–Crippen MR) is 114 cm³/mol. The first kappa shape index (κ1) is 22.1. The number of hydrogen-bond acceptors (Lipinski definition) is 5. The number of esters is 1. The van der Waals surface area contributed by atoms with Crippen LogP contribution >= 0.6 is 0 Å². The smallest absolute Gasteiger partial charge is 0.325 e. The molecule has 30 heavy (non-hydrogen) atoms. The molecule has 4 fully saturated rings. The van der Waals surface area contributed by atoms with E-state index in [1.165, 1.54) is 25.7 Å². The molecule has 4 aliphatic rings. The van der Waals surface area contributed by atoms with Crippen LogP contribution < -0.4 is 11.1 Å². The van der Waals surface area contributed by atoms with Crippen LogP contribution in [0.1, 0.15) is 78.6 Å². The molecule has 0 radical (unpaired) electrons. The molecule has 0 spiro atoms. The number of fused-ring (bicyclic) bond motifs is 5. The molecular weight excluding hydrogens is 380 g/mol. The van der Waals surface area contributed by atoms with E-state index in [0.29, 0.717) is 17.3 Å². The topological polar surface area (TPSA) is 102 Å². The number of hydrogen-bond donors (Lipinski definition) is 3. The van der Waals surface area contributed by atoms with E-state index in [2.05, 4.69) is 26.1 Å². The molecule has 170 valence electrons. The highest BCUT2D eigenvalue weighted by Gasteiger charge is 2.63. The molecule has 4 saturated carbocycles. The Hall–Kier alpha value is -1.14. The summed E-state index contributed by atoms with van der Waals surface area (Å²) in [5, 5.41) is 13.6. The summed E-state index contributed by atoms with van der Waals surface area (Å²) in [6.45, 7) is 6.68. The Bertz CT molecular complexity index is 695. The fourth-order valence-electron chi connectivity index (χ4n) is 8.04. The Kier molecular flexibility index (Phi) is 5.72. The zero-order chi connectivity index (χ0) is 21.7. The van der Waals surface area contributed by atoms with Crippen LogP contribution in [0.4, 0.5) is 0 Å². The molecule has 8 atom stereocenters. The SMILES string of the molecule is C[C@]12CC[C@H](OC(=O)CNC(=O)CN)C[C@@H]1CC[C@@H]1[C@@H]2CC[C@@]2(C)[C@H]1CC[C@]2(C)O. The molecule has 6 nitrogen and oxygen atoms in total. The first-order chi connectivity index (χ1) is 14.1. The number of carbonyl (C=O) groups excluding carboxylic acids is 2. The van der Waals surface area contributed by atoms with E-state index in [0.717, 1.165) is 43.9 Å². The maximum absolute atomic E-state index is 12.1. The first-order valence-corrected chi connectivity index (χ1v) is 12.0. The molecule has 0 saturated heterocycles. The van der Waals surface area contributed by atoms with E-state index in [4.69, 9.17) is 10.5 Å². The van der Waals surface area contributed by atoms with Crippen LogP contribution in [-0.4, -0.2) is 41.8 Å². The number of aliphatic hydroxyl groups is 1. The number of carbonyl (C=O) groups is 2. The molecule has 4 N–H and O–H groups in total. The number of nitrogens with one attached hydrogen (secondary N) is 1. The Morgan fingerprint density at radius 3 is 2.50 bits per heavy atom. The highest BCUT2D eigenvalue weighted by Crippen LogP contribution is 2.68. The van der Waals surface area contributed by atoms with Crippen molar-refractivity contribution >= 4 is 11.9 Å². The van der Waals surface area contributed by atoms with Crippen molar-refractivity contribution in [1.29, 1.82) is 0 Å². The quantitative estimate of drug-likeness (QED) is 0.607. The van der Waals surface area contributed by atoms with Gasteiger partial charge in [0.25, 0.3) is 0 Å². The third kappa shape index (κ3) is 3.48. The molecule has 0 aromatic heterocycles. The predicted octanol–water partition coefficient (Wildman–Crippen LogP) is 2.77. The van der Waals surface area contributed by atoms with Gasteiger partial charge in [-0.1, -0.05) is 13.8 Å². The lowest BCUT2D eigenvalue weighted by atomic mass is 9.44. The Balaban J connectivity index is 1.39. The summed E-state index contributed by atoms with van der Waals surface area (Å²) in [7, 11) is 0. The van der Waals surface area contributed by atoms with Gasteiger partial charge in [-0.05, 0) is 99.2 Å². The van der Waals surface area contributed by atoms with Crippen molar-refractivity contribution < 1.29 is 19.4 Å². The lowest BCUT2D eigenvalue weighted by molar-refractivity contribution is -0.168. The average Bonchev–Trinajstić information content (AvgIpc) is 2.95. The standard InChI is InChI=1S/C24H40N2O4/c1-22-9-6-16(30-21(28)14-26-20(27)13-25)12-15(22)4-5-17-18(22)7-10-23(2)19(17)8-11-24(23,3)29/h15-19,29H,4-14,25H2,1-3H3,(H,26,27)/t15-,16-,17+,18-,19-,22-,23-,24-/m0/s1. The molecule has 4 rings (SSSR count). The molecule has 0 aromatic carbocycles. The van der Waals surface area contributed by atoms with Crippen molar-refractivity contribution in [1.82, 2.24) is 5.32 Å². The minimum Gasteiger partial charge on any atom is -0.461 e. The van der Waals surface area contributed by atoms with Gasteiger partial charge in [-0.25, -0.2) is 0 Å². The monoisotopic (exact) mass is 420 g/mol. The Morgan fingerprint density at radius 1 is 1.03 bits per heavy atom. The van der Waals surface area contributed by atoms with Crippen molar-refractivity contribution in [3.8, 4) is 0 Å². The van der Waals surface area contributed by atoms with Crippen LogP contribution in [-0.2, 0) is 14.3 Å². The van der Waals surface area contributed by atoms with Crippen LogP contribution in [0, 0.1) is 34.5 Å². The third-order valence-electron chi connectivity index (χ3n) is 10.1. The maximum Gasteiger partial charge on any atom is 0.325 e. The van der Waals surface area contributed by atoms with Crippen LogP contribution in [0.2, 0.25) is 0 Å². The summed E-state index contributed by atoms with van der Waals surface area (Å²) in [6, 6.07) is 0. The number of amides is 1. The van der Waals surface area contributed by atoms with Crippen LogP contribution in [0.25, 0.3) is 0 Å². The molecule has 4 aliphatic carbocycles. The zero-order valence-electron chi connectivity index (χ0n) is 18.9. The van der Waals surface area contributed by atoms with Gasteiger partial charge in [0.15, 0.2) is 0 Å². The zero-order valence-corrected chi connectivity index (χ0v) is 18.9. The van der Waals surface area contributed by atoms with Gasteiger partial charge in [-0.2, -0.15) is 0 Å². The highest BCUT2D eigenvalue weighted by atomic mass is 16.5. The van der Waals surface area contributed by atoms with Crippen molar-refractivity contribution in [2.45, 2.75) is 90.3 Å². The van der Waals surface area contributed by atoms with Crippen molar-refractivity contribution in [2.24, 2.45) is 40.2 Å². The van der Waals surface area contributed by atoms with E-state index in [9.17, 15) is 14.7 Å². The molecule has 6 heteroatoms. The largest absolute Gasteiger partial charge is 0.461 e. The van der Waals surface area contributed by atoms with Gasteiger partial charge in [-0.15, -0.1) is 0 Å². The van der Waals surface area contributed by atoms with Gasteiger partial charge in [0.1, 0.15) is 12.6 Å². The fourth-order valence-corrected chi connectivity index (χ4v) is 8.04. The van der Waals surface area contributed by atoms with Crippen molar-refractivity contribution in [3.63, 3.8) is 0 Å².